The van der Waals surface area contributed by atoms with Gasteiger partial charge in [0, 0.05) is 29.9 Å². The van der Waals surface area contributed by atoms with Gasteiger partial charge in [0.1, 0.15) is 0 Å². The minimum absolute atomic E-state index is 0.105. The average molecular weight is 329 g/mol. The molecule has 1 rings (SSSR count). The van der Waals surface area contributed by atoms with Crippen LogP contribution in [0.2, 0.25) is 5.02 Å². The van der Waals surface area contributed by atoms with Crippen LogP contribution in [0, 0.1) is 0 Å². The summed E-state index contributed by atoms with van der Waals surface area (Å²) >= 11 is 7.46. The average Bonchev–Trinajstić information content (AvgIpc) is 2.45. The first-order valence-electron chi connectivity index (χ1n) is 7.35. The van der Waals surface area contributed by atoms with Crippen molar-refractivity contribution in [2.75, 3.05) is 25.4 Å². The molecule has 21 heavy (non-hydrogen) atoms. The first-order valence-corrected chi connectivity index (χ1v) is 8.89. The van der Waals surface area contributed by atoms with Crippen molar-refractivity contribution in [2.45, 2.75) is 32.6 Å². The van der Waals surface area contributed by atoms with Crippen LogP contribution in [0.4, 0.5) is 0 Å². The molecule has 0 spiro atoms. The third kappa shape index (κ3) is 7.74. The maximum absolute atomic E-state index is 11.8. The van der Waals surface area contributed by atoms with Crippen molar-refractivity contribution in [3.63, 3.8) is 0 Å². The molecule has 5 heteroatoms. The number of carbonyl (C=O) groups is 1. The second kappa shape index (κ2) is 10.1. The van der Waals surface area contributed by atoms with Crippen molar-refractivity contribution < 1.29 is 4.79 Å². The summed E-state index contributed by atoms with van der Waals surface area (Å²) in [6, 6.07) is 8.27. The van der Waals surface area contributed by atoms with E-state index in [0.29, 0.717) is 18.3 Å². The van der Waals surface area contributed by atoms with Gasteiger partial charge in [-0.25, -0.2) is 0 Å². The molecule has 1 aromatic rings. The third-order valence-corrected chi connectivity index (χ3v) is 4.53. The van der Waals surface area contributed by atoms with Gasteiger partial charge in [0.15, 0.2) is 0 Å². The van der Waals surface area contributed by atoms with Crippen molar-refractivity contribution >= 4 is 29.3 Å². The Balaban J connectivity index is 2.15. The summed E-state index contributed by atoms with van der Waals surface area (Å²) in [5.74, 6) is 1.43. The number of rotatable bonds is 9. The molecule has 0 atom stereocenters. The predicted octanol–water partition coefficient (Wildman–Crippen LogP) is 3.42. The van der Waals surface area contributed by atoms with Crippen LogP contribution in [-0.2, 0) is 10.5 Å². The zero-order valence-corrected chi connectivity index (χ0v) is 14.6. The van der Waals surface area contributed by atoms with Crippen molar-refractivity contribution in [1.82, 2.24) is 10.2 Å². The number of carbonyl (C=O) groups excluding carboxylic acids is 1. The van der Waals surface area contributed by atoms with Crippen LogP contribution in [0.3, 0.4) is 0 Å². The minimum atomic E-state index is 0.105. The van der Waals surface area contributed by atoms with E-state index in [9.17, 15) is 4.79 Å². The number of hydrogen-bond donors (Lipinski definition) is 1. The fourth-order valence-corrected chi connectivity index (χ4v) is 2.96. The Hall–Kier alpha value is -0.710. The highest BCUT2D eigenvalue weighted by Crippen LogP contribution is 2.15. The predicted molar refractivity (Wildman–Crippen MR) is 93.0 cm³/mol. The molecule has 0 saturated carbocycles. The normalized spacial score (nSPS) is 11.1. The van der Waals surface area contributed by atoms with Crippen molar-refractivity contribution in [1.29, 1.82) is 0 Å². The van der Waals surface area contributed by atoms with E-state index >= 15 is 0 Å². The number of likely N-dealkylation sites (N-methyl/N-ethyl adjacent to an activating group) is 1. The highest BCUT2D eigenvalue weighted by molar-refractivity contribution is 7.99. The molecule has 0 saturated heterocycles. The SMILES string of the molecule is CCN(CCNC(=O)CSCc1ccc(Cl)cc1)C(C)C. The molecule has 0 aliphatic carbocycles. The summed E-state index contributed by atoms with van der Waals surface area (Å²) in [7, 11) is 0. The fourth-order valence-electron chi connectivity index (χ4n) is 2.01. The Labute approximate surface area is 137 Å². The molecule has 0 unspecified atom stereocenters. The van der Waals surface area contributed by atoms with Gasteiger partial charge in [-0.15, -0.1) is 11.8 Å². The molecule has 0 fully saturated rings. The molecule has 0 aliphatic heterocycles. The number of benzene rings is 1. The van der Waals surface area contributed by atoms with E-state index in [1.54, 1.807) is 11.8 Å². The van der Waals surface area contributed by atoms with E-state index in [-0.39, 0.29) is 5.91 Å². The summed E-state index contributed by atoms with van der Waals surface area (Å²) in [5, 5.41) is 3.72. The zero-order chi connectivity index (χ0) is 15.7. The van der Waals surface area contributed by atoms with Crippen LogP contribution in [0.25, 0.3) is 0 Å². The number of thioether (sulfide) groups is 1. The van der Waals surface area contributed by atoms with Gasteiger partial charge >= 0.3 is 0 Å². The smallest absolute Gasteiger partial charge is 0.230 e. The maximum atomic E-state index is 11.8. The number of hydrogen-bond acceptors (Lipinski definition) is 3. The van der Waals surface area contributed by atoms with E-state index < -0.39 is 0 Å². The lowest BCUT2D eigenvalue weighted by atomic mass is 10.2. The Morgan fingerprint density at radius 3 is 2.57 bits per heavy atom. The quantitative estimate of drug-likeness (QED) is 0.754. The van der Waals surface area contributed by atoms with Crippen molar-refractivity contribution in [2.24, 2.45) is 0 Å². The minimum Gasteiger partial charge on any atom is -0.354 e. The zero-order valence-electron chi connectivity index (χ0n) is 13.1. The van der Waals surface area contributed by atoms with Crippen LogP contribution in [-0.4, -0.2) is 42.2 Å². The van der Waals surface area contributed by atoms with Crippen LogP contribution in [0.5, 0.6) is 0 Å². The summed E-state index contributed by atoms with van der Waals surface area (Å²) in [4.78, 5) is 14.1. The second-order valence-electron chi connectivity index (χ2n) is 5.19. The molecule has 0 bridgehead atoms. The van der Waals surface area contributed by atoms with Gasteiger partial charge < -0.3 is 5.32 Å². The van der Waals surface area contributed by atoms with Gasteiger partial charge in [0.05, 0.1) is 5.75 Å². The highest BCUT2D eigenvalue weighted by atomic mass is 35.5. The van der Waals surface area contributed by atoms with Gasteiger partial charge in [-0.1, -0.05) is 30.7 Å². The van der Waals surface area contributed by atoms with Crippen molar-refractivity contribution in [3.8, 4) is 0 Å². The lowest BCUT2D eigenvalue weighted by Gasteiger charge is -2.24. The van der Waals surface area contributed by atoms with Crippen LogP contribution >= 0.6 is 23.4 Å². The van der Waals surface area contributed by atoms with E-state index in [0.717, 1.165) is 23.9 Å². The van der Waals surface area contributed by atoms with E-state index in [1.165, 1.54) is 5.56 Å². The molecule has 1 aromatic carbocycles. The van der Waals surface area contributed by atoms with Gasteiger partial charge in [-0.3, -0.25) is 9.69 Å². The molecule has 0 aliphatic rings. The number of nitrogens with one attached hydrogen (secondary N) is 1. The molecule has 118 valence electrons. The number of halogens is 1. The van der Waals surface area contributed by atoms with Gasteiger partial charge in [0.25, 0.3) is 0 Å². The Morgan fingerprint density at radius 1 is 1.33 bits per heavy atom. The number of nitrogens with zero attached hydrogens (tertiary/aromatic N) is 1. The van der Waals surface area contributed by atoms with Gasteiger partial charge in [-0.05, 0) is 38.1 Å². The second-order valence-corrected chi connectivity index (χ2v) is 6.61. The molecule has 1 N–H and O–H groups in total. The van der Waals surface area contributed by atoms with Crippen LogP contribution in [0.1, 0.15) is 26.3 Å². The molecule has 0 heterocycles. The summed E-state index contributed by atoms with van der Waals surface area (Å²) in [6.07, 6.45) is 0. The molecule has 3 nitrogen and oxygen atoms in total. The molecule has 0 radical (unpaired) electrons. The lowest BCUT2D eigenvalue weighted by molar-refractivity contribution is -0.118. The number of amides is 1. The Kier molecular flexibility index (Phi) is 8.81. The Morgan fingerprint density at radius 2 is 2.00 bits per heavy atom. The van der Waals surface area contributed by atoms with Crippen molar-refractivity contribution in [3.05, 3.63) is 34.9 Å². The maximum Gasteiger partial charge on any atom is 0.230 e. The van der Waals surface area contributed by atoms with Crippen LogP contribution in [0.15, 0.2) is 24.3 Å². The lowest BCUT2D eigenvalue weighted by Crippen LogP contribution is -2.38. The van der Waals surface area contributed by atoms with E-state index in [4.69, 9.17) is 11.6 Å². The topological polar surface area (TPSA) is 32.3 Å². The Bertz CT molecular complexity index is 423. The van der Waals surface area contributed by atoms with Crippen LogP contribution < -0.4 is 5.32 Å². The summed E-state index contributed by atoms with van der Waals surface area (Å²) in [5.41, 5.74) is 1.19. The largest absolute Gasteiger partial charge is 0.354 e. The summed E-state index contributed by atoms with van der Waals surface area (Å²) < 4.78 is 0. The van der Waals surface area contributed by atoms with Gasteiger partial charge in [-0.2, -0.15) is 0 Å². The monoisotopic (exact) mass is 328 g/mol. The van der Waals surface area contributed by atoms with Gasteiger partial charge in [0.2, 0.25) is 5.91 Å². The fraction of sp³-hybridized carbons (Fsp3) is 0.562. The molecular weight excluding hydrogens is 304 g/mol. The molecular formula is C16H25ClN2OS. The summed E-state index contributed by atoms with van der Waals surface area (Å²) in [6.45, 7) is 9.12. The van der Waals surface area contributed by atoms with E-state index in [1.807, 2.05) is 24.3 Å². The van der Waals surface area contributed by atoms with E-state index in [2.05, 4.69) is 31.0 Å². The third-order valence-electron chi connectivity index (χ3n) is 3.27. The standard InChI is InChI=1S/C16H25ClN2OS/c1-4-19(13(2)3)10-9-18-16(20)12-21-11-14-5-7-15(17)8-6-14/h5-8,13H,4,9-12H2,1-3H3,(H,18,20). The first-order chi connectivity index (χ1) is 10.0. The molecule has 0 aromatic heterocycles. The highest BCUT2D eigenvalue weighted by Gasteiger charge is 2.07. The first kappa shape index (κ1) is 18.3. The molecule has 1 amide bonds.